The summed E-state index contributed by atoms with van der Waals surface area (Å²) in [5.41, 5.74) is 3.64. The fourth-order valence-electron chi connectivity index (χ4n) is 3.19. The average Bonchev–Trinajstić information content (AvgIpc) is 3.11. The van der Waals surface area contributed by atoms with Gasteiger partial charge >= 0.3 is 0 Å². The van der Waals surface area contributed by atoms with Gasteiger partial charge in [0.2, 0.25) is 5.91 Å². The molecule has 1 amide bonds. The maximum atomic E-state index is 13.1. The lowest BCUT2D eigenvalue weighted by Gasteiger charge is -2.12. The lowest BCUT2D eigenvalue weighted by Crippen LogP contribution is -2.35. The van der Waals surface area contributed by atoms with E-state index in [1.807, 2.05) is 12.1 Å². The van der Waals surface area contributed by atoms with Crippen molar-refractivity contribution in [2.24, 2.45) is 0 Å². The lowest BCUT2D eigenvalue weighted by molar-refractivity contribution is -0.120. The number of hydrogen-bond donors (Lipinski definition) is 1. The summed E-state index contributed by atoms with van der Waals surface area (Å²) in [7, 11) is 0. The Bertz CT molecular complexity index is 1010. The van der Waals surface area contributed by atoms with Crippen molar-refractivity contribution < 1.29 is 13.9 Å². The molecular formula is C21H17ClFN3O2. The van der Waals surface area contributed by atoms with Gasteiger partial charge in [0.15, 0.2) is 0 Å². The number of ether oxygens (including phenoxy) is 1. The zero-order chi connectivity index (χ0) is 19.5. The van der Waals surface area contributed by atoms with Crippen LogP contribution in [0.2, 0.25) is 5.02 Å². The van der Waals surface area contributed by atoms with E-state index in [0.717, 1.165) is 22.4 Å². The molecule has 7 heteroatoms. The van der Waals surface area contributed by atoms with E-state index in [9.17, 15) is 9.18 Å². The molecule has 0 fully saturated rings. The zero-order valence-corrected chi connectivity index (χ0v) is 15.6. The van der Waals surface area contributed by atoms with Gasteiger partial charge in [-0.15, -0.1) is 0 Å². The molecule has 0 aliphatic carbocycles. The molecule has 28 heavy (non-hydrogen) atoms. The molecule has 3 aromatic rings. The summed E-state index contributed by atoms with van der Waals surface area (Å²) in [6.07, 6.45) is 5.69. The molecule has 1 aromatic heterocycles. The van der Waals surface area contributed by atoms with Gasteiger partial charge in [0, 0.05) is 29.4 Å². The highest BCUT2D eigenvalue weighted by atomic mass is 35.5. The van der Waals surface area contributed by atoms with Gasteiger partial charge in [0.25, 0.3) is 0 Å². The quantitative estimate of drug-likeness (QED) is 0.714. The van der Waals surface area contributed by atoms with Gasteiger partial charge in [0.1, 0.15) is 24.0 Å². The largest absolute Gasteiger partial charge is 0.488 e. The van der Waals surface area contributed by atoms with Crippen LogP contribution in [0, 0.1) is 5.82 Å². The SMILES string of the molecule is O=C(Cc1ccc(F)cc1Cl)NC[C@@H]1Cc2cc(-c3cncnc3)ccc2O1. The maximum absolute atomic E-state index is 13.1. The minimum Gasteiger partial charge on any atom is -0.488 e. The number of halogens is 2. The number of carbonyl (C=O) groups is 1. The standard InChI is InChI=1S/C21H17ClFN3O2/c22-19-8-17(23)3-1-14(19)7-21(27)26-11-18-6-15-5-13(2-4-20(15)28-18)16-9-24-12-25-10-16/h1-5,8-10,12,18H,6-7,11H2,(H,26,27)/t18-/m0/s1. The molecule has 0 unspecified atom stereocenters. The Morgan fingerprint density at radius 3 is 2.79 bits per heavy atom. The predicted octanol–water partition coefficient (Wildman–Crippen LogP) is 3.60. The second kappa shape index (κ2) is 7.94. The van der Waals surface area contributed by atoms with Crippen LogP contribution in [0.4, 0.5) is 4.39 Å². The summed E-state index contributed by atoms with van der Waals surface area (Å²) >= 11 is 5.97. The van der Waals surface area contributed by atoms with Crippen molar-refractivity contribution in [1.29, 1.82) is 0 Å². The van der Waals surface area contributed by atoms with E-state index in [-0.39, 0.29) is 23.5 Å². The first kappa shape index (κ1) is 18.4. The van der Waals surface area contributed by atoms with Crippen molar-refractivity contribution in [1.82, 2.24) is 15.3 Å². The van der Waals surface area contributed by atoms with E-state index < -0.39 is 5.82 Å². The van der Waals surface area contributed by atoms with Gasteiger partial charge in [0.05, 0.1) is 13.0 Å². The second-order valence-corrected chi connectivity index (χ2v) is 7.02. The van der Waals surface area contributed by atoms with E-state index in [0.29, 0.717) is 18.5 Å². The number of amides is 1. The van der Waals surface area contributed by atoms with Crippen molar-refractivity contribution in [3.8, 4) is 16.9 Å². The monoisotopic (exact) mass is 397 g/mol. The topological polar surface area (TPSA) is 64.1 Å². The molecule has 1 aliphatic rings. The van der Waals surface area contributed by atoms with Gasteiger partial charge in [-0.2, -0.15) is 0 Å². The Hall–Kier alpha value is -2.99. The Balaban J connectivity index is 1.34. The minimum absolute atomic E-state index is 0.0942. The highest BCUT2D eigenvalue weighted by Gasteiger charge is 2.24. The molecule has 0 saturated heterocycles. The summed E-state index contributed by atoms with van der Waals surface area (Å²) in [5.74, 6) is 0.212. The first-order valence-electron chi connectivity index (χ1n) is 8.84. The molecule has 1 N–H and O–H groups in total. The third-order valence-corrected chi connectivity index (χ3v) is 4.94. The van der Waals surface area contributed by atoms with Crippen LogP contribution in [-0.2, 0) is 17.6 Å². The summed E-state index contributed by atoms with van der Waals surface area (Å²) in [6.45, 7) is 0.385. The van der Waals surface area contributed by atoms with Gasteiger partial charge in [-0.05, 0) is 41.0 Å². The molecule has 0 saturated carbocycles. The van der Waals surface area contributed by atoms with Gasteiger partial charge in [-0.1, -0.05) is 23.7 Å². The first-order valence-corrected chi connectivity index (χ1v) is 9.22. The van der Waals surface area contributed by atoms with Crippen LogP contribution >= 0.6 is 11.6 Å². The fourth-order valence-corrected chi connectivity index (χ4v) is 3.42. The molecule has 0 spiro atoms. The number of benzene rings is 2. The van der Waals surface area contributed by atoms with Crippen LogP contribution < -0.4 is 10.1 Å². The zero-order valence-electron chi connectivity index (χ0n) is 14.9. The molecule has 1 aliphatic heterocycles. The van der Waals surface area contributed by atoms with Crippen LogP contribution in [0.1, 0.15) is 11.1 Å². The highest BCUT2D eigenvalue weighted by Crippen LogP contribution is 2.32. The molecule has 4 rings (SSSR count). The van der Waals surface area contributed by atoms with E-state index >= 15 is 0 Å². The third-order valence-electron chi connectivity index (χ3n) is 4.59. The van der Waals surface area contributed by atoms with Crippen LogP contribution in [-0.4, -0.2) is 28.5 Å². The second-order valence-electron chi connectivity index (χ2n) is 6.61. The molecule has 5 nitrogen and oxygen atoms in total. The molecule has 0 bridgehead atoms. The number of hydrogen-bond acceptors (Lipinski definition) is 4. The normalized spacial score (nSPS) is 15.0. The van der Waals surface area contributed by atoms with Crippen LogP contribution in [0.15, 0.2) is 55.1 Å². The maximum Gasteiger partial charge on any atom is 0.224 e. The highest BCUT2D eigenvalue weighted by molar-refractivity contribution is 6.31. The molecule has 142 valence electrons. The Morgan fingerprint density at radius 2 is 2.00 bits per heavy atom. The van der Waals surface area contributed by atoms with Crippen LogP contribution in [0.25, 0.3) is 11.1 Å². The predicted molar refractivity (Wildman–Crippen MR) is 104 cm³/mol. The summed E-state index contributed by atoms with van der Waals surface area (Å²) in [6, 6.07) is 9.98. The Labute approximate surface area is 166 Å². The average molecular weight is 398 g/mol. The van der Waals surface area contributed by atoms with Crippen molar-refractivity contribution in [3.05, 3.63) is 77.1 Å². The van der Waals surface area contributed by atoms with Gasteiger partial charge < -0.3 is 10.1 Å². The molecule has 0 radical (unpaired) electrons. The molecule has 2 heterocycles. The summed E-state index contributed by atoms with van der Waals surface area (Å²) in [5, 5.41) is 3.11. The van der Waals surface area contributed by atoms with Crippen LogP contribution in [0.3, 0.4) is 0 Å². The van der Waals surface area contributed by atoms with E-state index in [1.54, 1.807) is 12.4 Å². The number of fused-ring (bicyclic) bond motifs is 1. The van der Waals surface area contributed by atoms with Crippen molar-refractivity contribution in [2.75, 3.05) is 6.54 Å². The van der Waals surface area contributed by atoms with E-state index in [4.69, 9.17) is 16.3 Å². The van der Waals surface area contributed by atoms with Crippen molar-refractivity contribution in [3.63, 3.8) is 0 Å². The first-order chi connectivity index (χ1) is 13.6. The van der Waals surface area contributed by atoms with E-state index in [2.05, 4.69) is 21.4 Å². The van der Waals surface area contributed by atoms with Gasteiger partial charge in [-0.25, -0.2) is 14.4 Å². The van der Waals surface area contributed by atoms with Crippen molar-refractivity contribution >= 4 is 17.5 Å². The molecular weight excluding hydrogens is 381 g/mol. The van der Waals surface area contributed by atoms with Crippen LogP contribution in [0.5, 0.6) is 5.75 Å². The fraction of sp³-hybridized carbons (Fsp3) is 0.190. The lowest BCUT2D eigenvalue weighted by atomic mass is 10.0. The number of nitrogens with one attached hydrogen (secondary N) is 1. The van der Waals surface area contributed by atoms with E-state index in [1.165, 1.54) is 24.5 Å². The Morgan fingerprint density at radius 1 is 1.18 bits per heavy atom. The van der Waals surface area contributed by atoms with Gasteiger partial charge in [-0.3, -0.25) is 4.79 Å². The van der Waals surface area contributed by atoms with Crippen molar-refractivity contribution in [2.45, 2.75) is 18.9 Å². The number of aromatic nitrogens is 2. The Kier molecular flexibility index (Phi) is 5.21. The number of nitrogens with zero attached hydrogens (tertiary/aromatic N) is 2. The molecule has 2 aromatic carbocycles. The minimum atomic E-state index is -0.423. The third kappa shape index (κ3) is 4.12. The summed E-state index contributed by atoms with van der Waals surface area (Å²) in [4.78, 5) is 20.3. The number of rotatable bonds is 5. The number of carbonyl (C=O) groups excluding carboxylic acids is 1. The smallest absolute Gasteiger partial charge is 0.224 e. The molecule has 1 atom stereocenters. The summed E-state index contributed by atoms with van der Waals surface area (Å²) < 4.78 is 19.0.